The number of nitrogens with zero attached hydrogens (tertiary/aromatic N) is 2. The van der Waals surface area contributed by atoms with Crippen molar-refractivity contribution in [3.05, 3.63) is 87.4 Å². The summed E-state index contributed by atoms with van der Waals surface area (Å²) < 4.78 is 28.0. The molecular formula is C31H33N2O2S3+. The standard InChI is InChI=1S/C31H33N2O2S3/c1-4-32-26-8-6-7-9-28(26)36-30(32)18-21-10-12-23-13-11-22(17-24(23)16-21)19-31-33(5-2)27-20-25(38(3,34)35)14-15-29(27)37-31/h6-9,14-20,23H,4-5,10-13H2,1-3H3/q+1. The summed E-state index contributed by atoms with van der Waals surface area (Å²) >= 11 is 3.62. The number of allylic oxidation sites excluding steroid dienone is 6. The third-order valence-corrected chi connectivity index (χ3v) is 11.1. The molecule has 0 radical (unpaired) electrons. The first-order valence-corrected chi connectivity index (χ1v) is 16.9. The Morgan fingerprint density at radius 1 is 1.05 bits per heavy atom. The fourth-order valence-electron chi connectivity index (χ4n) is 5.79. The van der Waals surface area contributed by atoms with Gasteiger partial charge < -0.3 is 4.90 Å². The molecule has 196 valence electrons. The van der Waals surface area contributed by atoms with E-state index >= 15 is 0 Å². The number of rotatable bonds is 5. The molecule has 3 aliphatic rings. The van der Waals surface area contributed by atoms with Gasteiger partial charge in [0.15, 0.2) is 9.84 Å². The number of thiazole rings is 1. The number of hydrogen-bond donors (Lipinski definition) is 0. The van der Waals surface area contributed by atoms with E-state index in [0.717, 1.165) is 36.5 Å². The van der Waals surface area contributed by atoms with Crippen molar-refractivity contribution in [3.63, 3.8) is 0 Å². The Bertz CT molecular complexity index is 1660. The molecule has 0 fully saturated rings. The van der Waals surface area contributed by atoms with Crippen LogP contribution in [0.3, 0.4) is 0 Å². The van der Waals surface area contributed by atoms with E-state index in [0.29, 0.717) is 10.8 Å². The fraction of sp³-hybridized carbons (Fsp3) is 0.323. The van der Waals surface area contributed by atoms with Crippen molar-refractivity contribution in [1.82, 2.24) is 0 Å². The van der Waals surface area contributed by atoms with Crippen LogP contribution in [0, 0.1) is 5.92 Å². The quantitative estimate of drug-likeness (QED) is 0.302. The highest BCUT2D eigenvalue weighted by Gasteiger charge is 2.28. The summed E-state index contributed by atoms with van der Waals surface area (Å²) in [6.45, 7) is 6.12. The van der Waals surface area contributed by atoms with Crippen molar-refractivity contribution in [3.8, 4) is 0 Å². The fourth-order valence-corrected chi connectivity index (χ4v) is 8.81. The van der Waals surface area contributed by atoms with Gasteiger partial charge in [-0.25, -0.2) is 8.42 Å². The molecule has 2 aliphatic carbocycles. The zero-order valence-electron chi connectivity index (χ0n) is 22.1. The number of benzene rings is 2. The lowest BCUT2D eigenvalue weighted by molar-refractivity contribution is -0.665. The zero-order valence-corrected chi connectivity index (χ0v) is 24.6. The van der Waals surface area contributed by atoms with Gasteiger partial charge >= 0.3 is 0 Å². The van der Waals surface area contributed by atoms with E-state index in [1.807, 2.05) is 23.5 Å². The van der Waals surface area contributed by atoms with Crippen LogP contribution >= 0.6 is 23.1 Å². The second-order valence-corrected chi connectivity index (χ2v) is 14.4. The van der Waals surface area contributed by atoms with Crippen molar-refractivity contribution < 1.29 is 13.0 Å². The highest BCUT2D eigenvalue weighted by Crippen LogP contribution is 2.48. The summed E-state index contributed by atoms with van der Waals surface area (Å²) in [5.41, 5.74) is 6.54. The zero-order chi connectivity index (χ0) is 26.4. The lowest BCUT2D eigenvalue weighted by atomic mass is 9.77. The van der Waals surface area contributed by atoms with E-state index in [2.05, 4.69) is 71.9 Å². The van der Waals surface area contributed by atoms with Crippen LogP contribution in [0.4, 0.5) is 5.69 Å². The van der Waals surface area contributed by atoms with Crippen LogP contribution in [-0.4, -0.2) is 21.2 Å². The summed E-state index contributed by atoms with van der Waals surface area (Å²) in [5.74, 6) is 0.642. The molecule has 0 amide bonds. The molecule has 0 saturated carbocycles. The number of aromatic nitrogens is 1. The van der Waals surface area contributed by atoms with Gasteiger partial charge in [-0.2, -0.15) is 4.57 Å². The van der Waals surface area contributed by atoms with Crippen LogP contribution in [0.1, 0.15) is 44.5 Å². The summed E-state index contributed by atoms with van der Waals surface area (Å²) in [6, 6.07) is 14.2. The van der Waals surface area contributed by atoms with Crippen molar-refractivity contribution in [1.29, 1.82) is 0 Å². The van der Waals surface area contributed by atoms with Crippen LogP contribution in [-0.2, 0) is 16.4 Å². The smallest absolute Gasteiger partial charge is 0.263 e. The van der Waals surface area contributed by atoms with E-state index in [-0.39, 0.29) is 0 Å². The van der Waals surface area contributed by atoms with Gasteiger partial charge in [0.1, 0.15) is 11.2 Å². The first kappa shape index (κ1) is 25.7. The van der Waals surface area contributed by atoms with Crippen molar-refractivity contribution >= 4 is 54.9 Å². The Morgan fingerprint density at radius 2 is 1.87 bits per heavy atom. The van der Waals surface area contributed by atoms with Gasteiger partial charge in [-0.15, -0.1) is 0 Å². The number of hydrogen-bond acceptors (Lipinski definition) is 5. The van der Waals surface area contributed by atoms with Gasteiger partial charge in [-0.1, -0.05) is 47.4 Å². The van der Waals surface area contributed by atoms with Crippen molar-refractivity contribution in [2.45, 2.75) is 55.9 Å². The maximum absolute atomic E-state index is 12.1. The summed E-state index contributed by atoms with van der Waals surface area (Å²) in [5, 5.41) is 2.51. The maximum atomic E-state index is 12.1. The lowest BCUT2D eigenvalue weighted by Crippen LogP contribution is -2.33. The van der Waals surface area contributed by atoms with Gasteiger partial charge in [0, 0.05) is 29.8 Å². The van der Waals surface area contributed by atoms with Crippen LogP contribution < -0.4 is 9.47 Å². The predicted molar refractivity (Wildman–Crippen MR) is 160 cm³/mol. The Hall–Kier alpha value is -2.61. The number of aryl methyl sites for hydroxylation is 1. The molecule has 4 nitrogen and oxygen atoms in total. The Morgan fingerprint density at radius 3 is 2.66 bits per heavy atom. The summed E-state index contributed by atoms with van der Waals surface area (Å²) in [7, 11) is -3.23. The molecule has 0 bridgehead atoms. The Balaban J connectivity index is 1.31. The first-order valence-electron chi connectivity index (χ1n) is 13.4. The van der Waals surface area contributed by atoms with Gasteiger partial charge in [-0.05, 0) is 92.5 Å². The molecular weight excluding hydrogens is 529 g/mol. The van der Waals surface area contributed by atoms with E-state index in [1.165, 1.54) is 56.1 Å². The third-order valence-electron chi connectivity index (χ3n) is 7.76. The number of para-hydroxylation sites is 1. The average Bonchev–Trinajstić information content (AvgIpc) is 3.43. The molecule has 0 spiro atoms. The molecule has 6 rings (SSSR count). The molecule has 38 heavy (non-hydrogen) atoms. The number of fused-ring (bicyclic) bond motifs is 3. The van der Waals surface area contributed by atoms with Gasteiger partial charge in [0.25, 0.3) is 5.01 Å². The van der Waals surface area contributed by atoms with Crippen molar-refractivity contribution in [2.24, 2.45) is 5.92 Å². The van der Waals surface area contributed by atoms with E-state index in [9.17, 15) is 8.42 Å². The van der Waals surface area contributed by atoms with E-state index in [4.69, 9.17) is 0 Å². The molecule has 1 unspecified atom stereocenters. The van der Waals surface area contributed by atoms with Crippen LogP contribution in [0.5, 0.6) is 0 Å². The minimum absolute atomic E-state index is 0.381. The highest BCUT2D eigenvalue weighted by molar-refractivity contribution is 8.03. The second-order valence-electron chi connectivity index (χ2n) is 10.2. The minimum atomic E-state index is -3.23. The lowest BCUT2D eigenvalue weighted by Gasteiger charge is -2.28. The largest absolute Gasteiger partial charge is 0.335 e. The number of thioether (sulfide) groups is 1. The van der Waals surface area contributed by atoms with Crippen LogP contribution in [0.15, 0.2) is 92.2 Å². The SMILES string of the molecule is CCN1/C(=C\C2=CC3=C/C(=C/c4sc5ccccc5[n+]4CC)CCC3CC2)Sc2ccc(S(C)(=O)=O)cc21. The first-order chi connectivity index (χ1) is 18.3. The van der Waals surface area contributed by atoms with Crippen molar-refractivity contribution in [2.75, 3.05) is 17.7 Å². The van der Waals surface area contributed by atoms with Crippen LogP contribution in [0.2, 0.25) is 0 Å². The Labute approximate surface area is 234 Å². The summed E-state index contributed by atoms with van der Waals surface area (Å²) in [6.07, 6.45) is 15.5. The maximum Gasteiger partial charge on any atom is 0.263 e. The monoisotopic (exact) mass is 561 g/mol. The second kappa shape index (κ2) is 10.2. The van der Waals surface area contributed by atoms with E-state index in [1.54, 1.807) is 17.8 Å². The molecule has 7 heteroatoms. The summed E-state index contributed by atoms with van der Waals surface area (Å²) in [4.78, 5) is 3.74. The molecule has 2 heterocycles. The molecule has 2 aromatic carbocycles. The van der Waals surface area contributed by atoms with Crippen LogP contribution in [0.25, 0.3) is 16.3 Å². The molecule has 1 aliphatic heterocycles. The molecule has 1 atom stereocenters. The Kier molecular flexibility index (Phi) is 6.87. The molecule has 0 N–H and O–H groups in total. The van der Waals surface area contributed by atoms with Gasteiger partial charge in [0.2, 0.25) is 5.52 Å². The predicted octanol–water partition coefficient (Wildman–Crippen LogP) is 7.53. The minimum Gasteiger partial charge on any atom is -0.335 e. The highest BCUT2D eigenvalue weighted by atomic mass is 32.2. The number of sulfone groups is 1. The van der Waals surface area contributed by atoms with Gasteiger partial charge in [0.05, 0.1) is 15.6 Å². The van der Waals surface area contributed by atoms with Gasteiger partial charge in [-0.3, -0.25) is 0 Å². The normalized spacial score (nSPS) is 21.6. The average molecular weight is 562 g/mol. The number of anilines is 1. The van der Waals surface area contributed by atoms with E-state index < -0.39 is 9.84 Å². The topological polar surface area (TPSA) is 41.3 Å². The molecule has 3 aromatic rings. The molecule has 0 saturated heterocycles. The third kappa shape index (κ3) is 4.80. The molecule has 1 aromatic heterocycles.